The van der Waals surface area contributed by atoms with Gasteiger partial charge in [0.25, 0.3) is 0 Å². The van der Waals surface area contributed by atoms with E-state index in [1.807, 2.05) is 18.2 Å². The molecule has 1 aromatic heterocycles. The molecular weight excluding hydrogens is 248 g/mol. The SMILES string of the molecule is CC(C)c1nc2ccc(NCC(O)CO)cc2s1. The minimum atomic E-state index is -0.728. The van der Waals surface area contributed by atoms with Crippen molar-refractivity contribution < 1.29 is 10.2 Å². The number of thiazole rings is 1. The lowest BCUT2D eigenvalue weighted by Gasteiger charge is -2.09. The highest BCUT2D eigenvalue weighted by molar-refractivity contribution is 7.18. The van der Waals surface area contributed by atoms with Crippen LogP contribution in [0.3, 0.4) is 0 Å². The van der Waals surface area contributed by atoms with Crippen molar-refractivity contribution in [1.29, 1.82) is 0 Å². The lowest BCUT2D eigenvalue weighted by molar-refractivity contribution is 0.105. The van der Waals surface area contributed by atoms with E-state index in [-0.39, 0.29) is 6.61 Å². The number of rotatable bonds is 5. The van der Waals surface area contributed by atoms with E-state index in [1.165, 1.54) is 0 Å². The van der Waals surface area contributed by atoms with Crippen LogP contribution in [-0.4, -0.2) is 34.5 Å². The molecule has 0 amide bonds. The van der Waals surface area contributed by atoms with Crippen molar-refractivity contribution in [2.75, 3.05) is 18.5 Å². The van der Waals surface area contributed by atoms with Gasteiger partial charge in [-0.25, -0.2) is 4.98 Å². The van der Waals surface area contributed by atoms with Gasteiger partial charge in [-0.2, -0.15) is 0 Å². The lowest BCUT2D eigenvalue weighted by atomic mass is 10.2. The Morgan fingerprint density at radius 3 is 2.83 bits per heavy atom. The lowest BCUT2D eigenvalue weighted by Crippen LogP contribution is -2.22. The maximum Gasteiger partial charge on any atom is 0.0963 e. The average molecular weight is 266 g/mol. The third kappa shape index (κ3) is 2.98. The second-order valence-corrected chi connectivity index (χ2v) is 5.67. The second-order valence-electron chi connectivity index (χ2n) is 4.61. The Labute approximate surface area is 110 Å². The van der Waals surface area contributed by atoms with Crippen molar-refractivity contribution in [2.24, 2.45) is 0 Å². The molecule has 3 N–H and O–H groups in total. The Morgan fingerprint density at radius 2 is 2.17 bits per heavy atom. The number of nitrogens with zero attached hydrogens (tertiary/aromatic N) is 1. The monoisotopic (exact) mass is 266 g/mol. The van der Waals surface area contributed by atoms with Crippen LogP contribution in [-0.2, 0) is 0 Å². The van der Waals surface area contributed by atoms with E-state index in [2.05, 4.69) is 24.1 Å². The first-order valence-corrected chi connectivity index (χ1v) is 6.85. The van der Waals surface area contributed by atoms with E-state index in [1.54, 1.807) is 11.3 Å². The van der Waals surface area contributed by atoms with Crippen LogP contribution in [0.15, 0.2) is 18.2 Å². The van der Waals surface area contributed by atoms with Gasteiger partial charge in [-0.3, -0.25) is 0 Å². The Bertz CT molecular complexity index is 525. The summed E-state index contributed by atoms with van der Waals surface area (Å²) in [6, 6.07) is 5.95. The van der Waals surface area contributed by atoms with Crippen LogP contribution in [0.25, 0.3) is 10.2 Å². The van der Waals surface area contributed by atoms with Gasteiger partial charge in [-0.05, 0) is 18.2 Å². The molecule has 5 heteroatoms. The Hall–Kier alpha value is -1.17. The fourth-order valence-corrected chi connectivity index (χ4v) is 2.61. The number of aromatic nitrogens is 1. The van der Waals surface area contributed by atoms with Gasteiger partial charge in [-0.15, -0.1) is 11.3 Å². The summed E-state index contributed by atoms with van der Waals surface area (Å²) in [5.74, 6) is 0.440. The number of nitrogens with one attached hydrogen (secondary N) is 1. The van der Waals surface area contributed by atoms with Crippen molar-refractivity contribution in [3.05, 3.63) is 23.2 Å². The summed E-state index contributed by atoms with van der Waals surface area (Å²) in [5, 5.41) is 22.3. The smallest absolute Gasteiger partial charge is 0.0963 e. The third-order valence-electron chi connectivity index (χ3n) is 2.65. The van der Waals surface area contributed by atoms with Gasteiger partial charge in [0.2, 0.25) is 0 Å². The third-order valence-corrected chi connectivity index (χ3v) is 3.97. The number of aliphatic hydroxyl groups is 2. The van der Waals surface area contributed by atoms with Gasteiger partial charge in [0.1, 0.15) is 0 Å². The largest absolute Gasteiger partial charge is 0.394 e. The molecule has 0 radical (unpaired) electrons. The fourth-order valence-electron chi connectivity index (χ4n) is 1.60. The van der Waals surface area contributed by atoms with E-state index in [4.69, 9.17) is 5.11 Å². The summed E-state index contributed by atoms with van der Waals surface area (Å²) in [6.45, 7) is 4.38. The van der Waals surface area contributed by atoms with Gasteiger partial charge in [0.05, 0.1) is 27.9 Å². The van der Waals surface area contributed by atoms with Crippen LogP contribution < -0.4 is 5.32 Å². The minimum absolute atomic E-state index is 0.229. The quantitative estimate of drug-likeness (QED) is 0.776. The van der Waals surface area contributed by atoms with Gasteiger partial charge in [0, 0.05) is 18.2 Å². The number of aliphatic hydroxyl groups excluding tert-OH is 2. The fraction of sp³-hybridized carbons (Fsp3) is 0.462. The van der Waals surface area contributed by atoms with Crippen molar-refractivity contribution in [3.63, 3.8) is 0 Å². The molecule has 4 nitrogen and oxygen atoms in total. The molecule has 1 unspecified atom stereocenters. The van der Waals surface area contributed by atoms with Gasteiger partial charge in [-0.1, -0.05) is 13.8 Å². The summed E-state index contributed by atoms with van der Waals surface area (Å²) < 4.78 is 1.14. The van der Waals surface area contributed by atoms with Crippen molar-refractivity contribution in [3.8, 4) is 0 Å². The molecule has 0 aliphatic carbocycles. The molecule has 0 spiro atoms. The zero-order chi connectivity index (χ0) is 13.1. The molecule has 0 saturated carbocycles. The standard InChI is InChI=1S/C13H18N2O2S/c1-8(2)13-15-11-4-3-9(5-12(11)18-13)14-6-10(17)7-16/h3-5,8,10,14,16-17H,6-7H2,1-2H3. The molecule has 0 bridgehead atoms. The molecule has 1 heterocycles. The Balaban J connectivity index is 2.16. The summed E-state index contributed by atoms with van der Waals surface area (Å²) in [4.78, 5) is 4.57. The van der Waals surface area contributed by atoms with E-state index in [0.717, 1.165) is 20.9 Å². The van der Waals surface area contributed by atoms with E-state index in [9.17, 15) is 5.11 Å². The molecule has 1 aromatic carbocycles. The number of hydrogen-bond acceptors (Lipinski definition) is 5. The summed E-state index contributed by atoms with van der Waals surface area (Å²) in [6.07, 6.45) is -0.728. The topological polar surface area (TPSA) is 65.4 Å². The van der Waals surface area contributed by atoms with Crippen LogP contribution >= 0.6 is 11.3 Å². The minimum Gasteiger partial charge on any atom is -0.394 e. The van der Waals surface area contributed by atoms with Crippen LogP contribution in [0.1, 0.15) is 24.8 Å². The first-order valence-electron chi connectivity index (χ1n) is 6.03. The zero-order valence-corrected chi connectivity index (χ0v) is 11.4. The van der Waals surface area contributed by atoms with Crippen LogP contribution in [0.5, 0.6) is 0 Å². The van der Waals surface area contributed by atoms with Crippen molar-refractivity contribution in [2.45, 2.75) is 25.9 Å². The van der Waals surface area contributed by atoms with Gasteiger partial charge < -0.3 is 15.5 Å². The predicted molar refractivity (Wildman–Crippen MR) is 75.3 cm³/mol. The van der Waals surface area contributed by atoms with Crippen LogP contribution in [0, 0.1) is 0 Å². The number of anilines is 1. The normalized spacial score (nSPS) is 13.2. The average Bonchev–Trinajstić information content (AvgIpc) is 2.79. The first kappa shape index (κ1) is 13.3. The molecule has 0 aliphatic heterocycles. The molecule has 0 aliphatic rings. The molecule has 98 valence electrons. The molecule has 0 saturated heterocycles. The molecular formula is C13H18N2O2S. The number of fused-ring (bicyclic) bond motifs is 1. The molecule has 0 fully saturated rings. The number of benzene rings is 1. The van der Waals surface area contributed by atoms with Crippen molar-refractivity contribution >= 4 is 27.2 Å². The van der Waals surface area contributed by atoms with E-state index < -0.39 is 6.10 Å². The van der Waals surface area contributed by atoms with Crippen LogP contribution in [0.4, 0.5) is 5.69 Å². The summed E-state index contributed by atoms with van der Waals surface area (Å²) in [5.41, 5.74) is 1.95. The predicted octanol–water partition coefficient (Wildman–Crippen LogP) is 2.18. The molecule has 18 heavy (non-hydrogen) atoms. The highest BCUT2D eigenvalue weighted by Gasteiger charge is 2.08. The maximum atomic E-state index is 9.29. The molecule has 1 atom stereocenters. The molecule has 2 rings (SSSR count). The highest BCUT2D eigenvalue weighted by atomic mass is 32.1. The first-order chi connectivity index (χ1) is 8.60. The van der Waals surface area contributed by atoms with E-state index >= 15 is 0 Å². The summed E-state index contributed by atoms with van der Waals surface area (Å²) >= 11 is 1.70. The Morgan fingerprint density at radius 1 is 1.39 bits per heavy atom. The maximum absolute atomic E-state index is 9.29. The zero-order valence-electron chi connectivity index (χ0n) is 10.6. The van der Waals surface area contributed by atoms with E-state index in [0.29, 0.717) is 12.5 Å². The molecule has 2 aromatic rings. The van der Waals surface area contributed by atoms with Gasteiger partial charge in [0.15, 0.2) is 0 Å². The Kier molecular flexibility index (Phi) is 4.16. The van der Waals surface area contributed by atoms with Crippen LogP contribution in [0.2, 0.25) is 0 Å². The van der Waals surface area contributed by atoms with Crippen molar-refractivity contribution in [1.82, 2.24) is 4.98 Å². The summed E-state index contributed by atoms with van der Waals surface area (Å²) in [7, 11) is 0. The highest BCUT2D eigenvalue weighted by Crippen LogP contribution is 2.29. The second kappa shape index (κ2) is 5.65. The number of hydrogen-bond donors (Lipinski definition) is 3. The van der Waals surface area contributed by atoms with Gasteiger partial charge >= 0.3 is 0 Å².